The van der Waals surface area contributed by atoms with E-state index >= 15 is 0 Å². The number of hydrogen-bond donors (Lipinski definition) is 2. The molecule has 1 aliphatic rings. The van der Waals surface area contributed by atoms with Crippen molar-refractivity contribution in [2.45, 2.75) is 84.0 Å². The molecule has 0 unspecified atom stereocenters. The zero-order valence-corrected chi connectivity index (χ0v) is 31.6. The Morgan fingerprint density at radius 1 is 0.843 bits per heavy atom. The molecule has 0 aliphatic carbocycles. The van der Waals surface area contributed by atoms with Crippen LogP contribution in [0.5, 0.6) is 11.5 Å². The standard InChI is InChI=1S/C40H52N6O4S/c1-7-51-38-42-35(25-41-24-31-11-10-12-32(23-31)26-45-21-8-9-22-45)36(43-39(47)50-40(2,3)4)37(44-38)46(27-29-13-17-33(48-5)18-14-29)28-30-15-19-34(49-6)20-16-30/h10-20,23,41H,7-9,21-22,24-28H2,1-6H3,(H,43,47). The van der Waals surface area contributed by atoms with Crippen LogP contribution in [0.25, 0.3) is 0 Å². The zero-order chi connectivity index (χ0) is 36.2. The summed E-state index contributed by atoms with van der Waals surface area (Å²) in [5.41, 5.74) is 5.15. The van der Waals surface area contributed by atoms with Crippen molar-refractivity contribution in [1.29, 1.82) is 0 Å². The summed E-state index contributed by atoms with van der Waals surface area (Å²) < 4.78 is 16.6. The van der Waals surface area contributed by atoms with Gasteiger partial charge in [0.2, 0.25) is 0 Å². The van der Waals surface area contributed by atoms with Crippen LogP contribution < -0.4 is 25.0 Å². The molecule has 0 atom stereocenters. The molecule has 0 saturated carbocycles. The Morgan fingerprint density at radius 2 is 1.45 bits per heavy atom. The van der Waals surface area contributed by atoms with Gasteiger partial charge in [0.25, 0.3) is 0 Å². The molecule has 272 valence electrons. The van der Waals surface area contributed by atoms with E-state index in [4.69, 9.17) is 24.2 Å². The number of ether oxygens (including phenoxy) is 3. The average molecular weight is 713 g/mol. The Bertz CT molecular complexity index is 1660. The lowest BCUT2D eigenvalue weighted by atomic mass is 10.1. The third kappa shape index (κ3) is 11.6. The second-order valence-corrected chi connectivity index (χ2v) is 14.9. The average Bonchev–Trinajstić information content (AvgIpc) is 3.62. The lowest BCUT2D eigenvalue weighted by Crippen LogP contribution is -2.31. The highest BCUT2D eigenvalue weighted by Crippen LogP contribution is 2.33. The number of carbonyl (C=O) groups excluding carboxylic acids is 1. The van der Waals surface area contributed by atoms with Crippen molar-refractivity contribution in [3.63, 3.8) is 0 Å². The predicted molar refractivity (Wildman–Crippen MR) is 206 cm³/mol. The Balaban J connectivity index is 1.50. The van der Waals surface area contributed by atoms with Gasteiger partial charge in [-0.3, -0.25) is 10.2 Å². The molecule has 0 bridgehead atoms. The summed E-state index contributed by atoms with van der Waals surface area (Å²) in [6, 6.07) is 24.8. The topological polar surface area (TPSA) is 101 Å². The predicted octanol–water partition coefficient (Wildman–Crippen LogP) is 8.05. The molecule has 1 aromatic heterocycles. The number of nitrogens with zero attached hydrogens (tertiary/aromatic N) is 4. The molecule has 51 heavy (non-hydrogen) atoms. The maximum atomic E-state index is 13.4. The maximum absolute atomic E-state index is 13.4. The quantitative estimate of drug-likeness (QED) is 0.0877. The molecule has 2 heterocycles. The Kier molecular flexibility index (Phi) is 13.6. The Morgan fingerprint density at radius 3 is 2.02 bits per heavy atom. The van der Waals surface area contributed by atoms with Gasteiger partial charge in [-0.25, -0.2) is 14.8 Å². The van der Waals surface area contributed by atoms with Gasteiger partial charge in [0, 0.05) is 32.7 Å². The van der Waals surface area contributed by atoms with Crippen molar-refractivity contribution in [3.8, 4) is 11.5 Å². The first kappa shape index (κ1) is 37.9. The molecular formula is C40H52N6O4S. The van der Waals surface area contributed by atoms with Gasteiger partial charge in [0.15, 0.2) is 11.0 Å². The molecule has 3 aromatic carbocycles. The van der Waals surface area contributed by atoms with E-state index in [1.807, 2.05) is 69.3 Å². The van der Waals surface area contributed by atoms with Crippen LogP contribution in [0.2, 0.25) is 0 Å². The lowest BCUT2D eigenvalue weighted by Gasteiger charge is -2.28. The minimum absolute atomic E-state index is 0.410. The summed E-state index contributed by atoms with van der Waals surface area (Å²) >= 11 is 1.57. The first-order valence-corrected chi connectivity index (χ1v) is 18.7. The smallest absolute Gasteiger partial charge is 0.412 e. The monoisotopic (exact) mass is 712 g/mol. The number of methoxy groups -OCH3 is 2. The van der Waals surface area contributed by atoms with Gasteiger partial charge >= 0.3 is 6.09 Å². The first-order valence-electron chi connectivity index (χ1n) is 17.7. The van der Waals surface area contributed by atoms with E-state index in [1.165, 1.54) is 24.0 Å². The second kappa shape index (κ2) is 18.3. The third-order valence-corrected chi connectivity index (χ3v) is 9.16. The van der Waals surface area contributed by atoms with Crippen LogP contribution in [0.4, 0.5) is 16.3 Å². The van der Waals surface area contributed by atoms with Crippen LogP contribution in [0.3, 0.4) is 0 Å². The van der Waals surface area contributed by atoms with Gasteiger partial charge in [-0.05, 0) is 99.0 Å². The van der Waals surface area contributed by atoms with Crippen LogP contribution in [0.15, 0.2) is 78.0 Å². The molecule has 10 nitrogen and oxygen atoms in total. The molecule has 0 radical (unpaired) electrons. The fourth-order valence-electron chi connectivity index (χ4n) is 6.03. The van der Waals surface area contributed by atoms with E-state index in [0.717, 1.165) is 48.0 Å². The van der Waals surface area contributed by atoms with Crippen LogP contribution in [0.1, 0.15) is 68.5 Å². The van der Waals surface area contributed by atoms with Crippen LogP contribution in [-0.4, -0.2) is 59.6 Å². The summed E-state index contributed by atoms with van der Waals surface area (Å²) in [6.45, 7) is 13.0. The number of aromatic nitrogens is 2. The third-order valence-electron chi connectivity index (χ3n) is 8.43. The number of hydrogen-bond acceptors (Lipinski definition) is 10. The largest absolute Gasteiger partial charge is 0.497 e. The van der Waals surface area contributed by atoms with Crippen molar-refractivity contribution in [2.24, 2.45) is 0 Å². The summed E-state index contributed by atoms with van der Waals surface area (Å²) in [6.07, 6.45) is 1.99. The molecular weight excluding hydrogens is 661 g/mol. The zero-order valence-electron chi connectivity index (χ0n) is 30.8. The van der Waals surface area contributed by atoms with Crippen molar-refractivity contribution < 1.29 is 19.0 Å². The Hall–Kier alpha value is -4.32. The minimum atomic E-state index is -0.687. The molecule has 11 heteroatoms. The summed E-state index contributed by atoms with van der Waals surface area (Å²) in [5, 5.41) is 7.32. The number of benzene rings is 3. The molecule has 0 spiro atoms. The van der Waals surface area contributed by atoms with E-state index in [2.05, 4.69) is 51.6 Å². The van der Waals surface area contributed by atoms with E-state index in [-0.39, 0.29) is 0 Å². The molecule has 1 aliphatic heterocycles. The van der Waals surface area contributed by atoms with Gasteiger partial charge in [0.05, 0.1) is 19.9 Å². The highest BCUT2D eigenvalue weighted by Gasteiger charge is 2.25. The molecule has 1 fully saturated rings. The number of thioether (sulfide) groups is 1. The number of likely N-dealkylation sites (tertiary alicyclic amines) is 1. The highest BCUT2D eigenvalue weighted by atomic mass is 32.2. The van der Waals surface area contributed by atoms with Gasteiger partial charge < -0.3 is 24.4 Å². The van der Waals surface area contributed by atoms with Crippen molar-refractivity contribution in [1.82, 2.24) is 20.2 Å². The normalized spacial score (nSPS) is 13.2. The fraction of sp³-hybridized carbons (Fsp3) is 0.425. The number of rotatable bonds is 16. The van der Waals surface area contributed by atoms with E-state index < -0.39 is 11.7 Å². The van der Waals surface area contributed by atoms with Crippen molar-refractivity contribution in [2.75, 3.05) is 43.3 Å². The molecule has 2 N–H and O–H groups in total. The maximum Gasteiger partial charge on any atom is 0.412 e. The summed E-state index contributed by atoms with van der Waals surface area (Å²) in [7, 11) is 3.32. The SMILES string of the molecule is CCSc1nc(CNCc2cccc(CN3CCCC3)c2)c(NC(=O)OC(C)(C)C)c(N(Cc2ccc(OC)cc2)Cc2ccc(OC)cc2)n1. The molecule has 1 saturated heterocycles. The second-order valence-electron chi connectivity index (χ2n) is 13.7. The van der Waals surface area contributed by atoms with Gasteiger partial charge in [-0.15, -0.1) is 0 Å². The highest BCUT2D eigenvalue weighted by molar-refractivity contribution is 7.99. The summed E-state index contributed by atoms with van der Waals surface area (Å²) in [4.78, 5) is 28.2. The number of anilines is 2. The first-order chi connectivity index (χ1) is 24.6. The minimum Gasteiger partial charge on any atom is -0.497 e. The van der Waals surface area contributed by atoms with Crippen molar-refractivity contribution in [3.05, 3.63) is 101 Å². The van der Waals surface area contributed by atoms with Crippen LogP contribution >= 0.6 is 11.8 Å². The number of nitrogens with one attached hydrogen (secondary N) is 2. The number of amides is 1. The van der Waals surface area contributed by atoms with Gasteiger partial charge in [0.1, 0.15) is 22.8 Å². The van der Waals surface area contributed by atoms with Crippen molar-refractivity contribution >= 4 is 29.4 Å². The van der Waals surface area contributed by atoms with Gasteiger partial charge in [-0.1, -0.05) is 67.2 Å². The number of carbonyl (C=O) groups is 1. The molecule has 1 amide bonds. The van der Waals surface area contributed by atoms with E-state index in [1.54, 1.807) is 26.0 Å². The Labute approximate surface area is 307 Å². The lowest BCUT2D eigenvalue weighted by molar-refractivity contribution is 0.0635. The molecule has 4 aromatic rings. The van der Waals surface area contributed by atoms with Crippen LogP contribution in [0, 0.1) is 0 Å². The van der Waals surface area contributed by atoms with E-state index in [9.17, 15) is 4.79 Å². The summed E-state index contributed by atoms with van der Waals surface area (Å²) in [5.74, 6) is 2.98. The van der Waals surface area contributed by atoms with Gasteiger partial charge in [-0.2, -0.15) is 0 Å². The van der Waals surface area contributed by atoms with Crippen LogP contribution in [-0.2, 0) is 37.5 Å². The molecule has 5 rings (SSSR count). The fourth-order valence-corrected chi connectivity index (χ4v) is 6.61. The van der Waals surface area contributed by atoms with E-state index in [0.29, 0.717) is 48.5 Å².